The molecule has 0 unspecified atom stereocenters. The summed E-state index contributed by atoms with van der Waals surface area (Å²) in [5.74, 6) is 5.43. The highest BCUT2D eigenvalue weighted by Crippen LogP contribution is 2.25. The second kappa shape index (κ2) is 6.97. The molecule has 0 spiro atoms. The van der Waals surface area contributed by atoms with Gasteiger partial charge in [-0.05, 0) is 43.5 Å². The van der Waals surface area contributed by atoms with Gasteiger partial charge in [-0.1, -0.05) is 31.1 Å². The highest BCUT2D eigenvalue weighted by atomic mass is 32.2. The lowest BCUT2D eigenvalue weighted by Gasteiger charge is -2.22. The van der Waals surface area contributed by atoms with Crippen LogP contribution in [0.3, 0.4) is 0 Å². The van der Waals surface area contributed by atoms with Gasteiger partial charge in [0.25, 0.3) is 0 Å². The molecule has 0 heterocycles. The van der Waals surface area contributed by atoms with Gasteiger partial charge in [0.05, 0.1) is 5.25 Å². The normalized spacial score (nSPS) is 16.1. The minimum atomic E-state index is -3.31. The SMILES string of the molecule is Cc1cc(NS(=O)(=O)C2CCCCC2)ccc1C#CCO. The molecule has 0 amide bonds. The molecule has 1 fully saturated rings. The Bertz CT molecular complexity index is 650. The van der Waals surface area contributed by atoms with Gasteiger partial charge in [-0.15, -0.1) is 0 Å². The Kier molecular flexibility index (Phi) is 5.27. The first-order chi connectivity index (χ1) is 10.0. The van der Waals surface area contributed by atoms with Gasteiger partial charge in [-0.25, -0.2) is 8.42 Å². The Morgan fingerprint density at radius 1 is 1.29 bits per heavy atom. The highest BCUT2D eigenvalue weighted by Gasteiger charge is 2.27. The van der Waals surface area contributed by atoms with Crippen LogP contribution in [0.15, 0.2) is 18.2 Å². The van der Waals surface area contributed by atoms with E-state index in [-0.39, 0.29) is 11.9 Å². The number of aliphatic hydroxyl groups is 1. The maximum atomic E-state index is 12.4. The van der Waals surface area contributed by atoms with E-state index in [2.05, 4.69) is 16.6 Å². The van der Waals surface area contributed by atoms with Crippen molar-refractivity contribution in [1.29, 1.82) is 0 Å². The predicted octanol–water partition coefficient (Wildman–Crippen LogP) is 2.41. The number of hydrogen-bond acceptors (Lipinski definition) is 3. The molecule has 1 aliphatic rings. The van der Waals surface area contributed by atoms with Crippen LogP contribution in [-0.2, 0) is 10.0 Å². The van der Waals surface area contributed by atoms with Crippen LogP contribution in [0.25, 0.3) is 0 Å². The second-order valence-electron chi connectivity index (χ2n) is 5.40. The van der Waals surface area contributed by atoms with Crippen molar-refractivity contribution in [1.82, 2.24) is 0 Å². The summed E-state index contributed by atoms with van der Waals surface area (Å²) in [6.45, 7) is 1.69. The molecular formula is C16H21NO3S. The highest BCUT2D eigenvalue weighted by molar-refractivity contribution is 7.93. The minimum Gasteiger partial charge on any atom is -0.384 e. The summed E-state index contributed by atoms with van der Waals surface area (Å²) in [6.07, 6.45) is 4.59. The number of hydrogen-bond donors (Lipinski definition) is 2. The van der Waals surface area contributed by atoms with Gasteiger partial charge in [0.15, 0.2) is 0 Å². The topological polar surface area (TPSA) is 66.4 Å². The number of anilines is 1. The molecule has 0 aromatic heterocycles. The summed E-state index contributed by atoms with van der Waals surface area (Å²) >= 11 is 0. The number of rotatable bonds is 3. The maximum Gasteiger partial charge on any atom is 0.235 e. The molecule has 5 heteroatoms. The summed E-state index contributed by atoms with van der Waals surface area (Å²) in [7, 11) is -3.31. The van der Waals surface area contributed by atoms with E-state index in [4.69, 9.17) is 5.11 Å². The van der Waals surface area contributed by atoms with Crippen molar-refractivity contribution in [2.75, 3.05) is 11.3 Å². The number of benzene rings is 1. The summed E-state index contributed by atoms with van der Waals surface area (Å²) in [5, 5.41) is 8.43. The zero-order valence-corrected chi connectivity index (χ0v) is 13.0. The predicted molar refractivity (Wildman–Crippen MR) is 84.6 cm³/mol. The molecule has 21 heavy (non-hydrogen) atoms. The molecule has 2 rings (SSSR count). The van der Waals surface area contributed by atoms with Gasteiger partial charge >= 0.3 is 0 Å². The van der Waals surface area contributed by atoms with Crippen molar-refractivity contribution in [3.05, 3.63) is 29.3 Å². The lowest BCUT2D eigenvalue weighted by molar-refractivity contribution is 0.350. The van der Waals surface area contributed by atoms with E-state index in [0.717, 1.165) is 43.2 Å². The lowest BCUT2D eigenvalue weighted by atomic mass is 10.0. The Morgan fingerprint density at radius 3 is 2.62 bits per heavy atom. The molecule has 1 saturated carbocycles. The summed E-state index contributed by atoms with van der Waals surface area (Å²) in [6, 6.07) is 5.27. The number of sulfonamides is 1. The first kappa shape index (κ1) is 15.9. The molecule has 0 bridgehead atoms. The van der Waals surface area contributed by atoms with E-state index >= 15 is 0 Å². The monoisotopic (exact) mass is 307 g/mol. The van der Waals surface area contributed by atoms with Crippen LogP contribution in [0.2, 0.25) is 0 Å². The molecule has 4 nitrogen and oxygen atoms in total. The van der Waals surface area contributed by atoms with Crippen molar-refractivity contribution in [2.45, 2.75) is 44.3 Å². The summed E-state index contributed by atoms with van der Waals surface area (Å²) < 4.78 is 27.4. The van der Waals surface area contributed by atoms with E-state index in [1.807, 2.05) is 6.92 Å². The standard InChI is InChI=1S/C16H21NO3S/c1-13-12-15(10-9-14(13)6-5-11-18)17-21(19,20)16-7-3-2-4-8-16/h9-10,12,16-18H,2-4,7-8,11H2,1H3. The first-order valence-corrected chi connectivity index (χ1v) is 8.79. The fourth-order valence-electron chi connectivity index (χ4n) is 2.63. The van der Waals surface area contributed by atoms with Crippen LogP contribution in [0, 0.1) is 18.8 Å². The zero-order valence-electron chi connectivity index (χ0n) is 12.2. The fourth-order valence-corrected chi connectivity index (χ4v) is 4.20. The number of aliphatic hydroxyl groups excluding tert-OH is 1. The van der Waals surface area contributed by atoms with Gasteiger partial charge in [0, 0.05) is 11.3 Å². The third-order valence-corrected chi connectivity index (χ3v) is 5.65. The Balaban J connectivity index is 2.14. The minimum absolute atomic E-state index is 0.185. The molecule has 1 aromatic rings. The first-order valence-electron chi connectivity index (χ1n) is 7.25. The van der Waals surface area contributed by atoms with E-state index in [1.165, 1.54) is 0 Å². The molecule has 1 aliphatic carbocycles. The van der Waals surface area contributed by atoms with Crippen LogP contribution in [-0.4, -0.2) is 25.4 Å². The van der Waals surface area contributed by atoms with E-state index < -0.39 is 10.0 Å². The number of aryl methyl sites for hydroxylation is 1. The molecule has 0 atom stereocenters. The van der Waals surface area contributed by atoms with Crippen LogP contribution in [0.5, 0.6) is 0 Å². The van der Waals surface area contributed by atoms with Gasteiger partial charge in [0.2, 0.25) is 10.0 Å². The zero-order chi connectivity index (χ0) is 15.3. The quantitative estimate of drug-likeness (QED) is 0.843. The van der Waals surface area contributed by atoms with Crippen LogP contribution >= 0.6 is 0 Å². The van der Waals surface area contributed by atoms with Gasteiger partial charge in [-0.3, -0.25) is 4.72 Å². The van der Waals surface area contributed by atoms with Crippen molar-refractivity contribution in [3.63, 3.8) is 0 Å². The van der Waals surface area contributed by atoms with Crippen LogP contribution in [0.1, 0.15) is 43.2 Å². The molecule has 0 aliphatic heterocycles. The smallest absolute Gasteiger partial charge is 0.235 e. The average molecular weight is 307 g/mol. The van der Waals surface area contributed by atoms with E-state index in [9.17, 15) is 8.42 Å². The van der Waals surface area contributed by atoms with Crippen LogP contribution < -0.4 is 4.72 Å². The average Bonchev–Trinajstić information content (AvgIpc) is 2.47. The van der Waals surface area contributed by atoms with Gasteiger partial charge < -0.3 is 5.11 Å². The fraction of sp³-hybridized carbons (Fsp3) is 0.500. The van der Waals surface area contributed by atoms with Crippen molar-refractivity contribution < 1.29 is 13.5 Å². The summed E-state index contributed by atoms with van der Waals surface area (Å²) in [4.78, 5) is 0. The third kappa shape index (κ3) is 4.23. The van der Waals surface area contributed by atoms with Crippen molar-refractivity contribution in [2.24, 2.45) is 0 Å². The molecule has 0 radical (unpaired) electrons. The maximum absolute atomic E-state index is 12.4. The van der Waals surface area contributed by atoms with Crippen molar-refractivity contribution in [3.8, 4) is 11.8 Å². The van der Waals surface area contributed by atoms with E-state index in [0.29, 0.717) is 5.69 Å². The van der Waals surface area contributed by atoms with Gasteiger partial charge in [-0.2, -0.15) is 0 Å². The summed E-state index contributed by atoms with van der Waals surface area (Å²) in [5.41, 5.74) is 2.26. The lowest BCUT2D eigenvalue weighted by Crippen LogP contribution is -2.29. The Hall–Kier alpha value is -1.51. The van der Waals surface area contributed by atoms with Gasteiger partial charge in [0.1, 0.15) is 6.61 Å². The number of nitrogens with one attached hydrogen (secondary N) is 1. The Labute approximate surface area is 126 Å². The molecular weight excluding hydrogens is 286 g/mol. The Morgan fingerprint density at radius 2 is 2.00 bits per heavy atom. The molecule has 114 valence electrons. The van der Waals surface area contributed by atoms with Crippen molar-refractivity contribution >= 4 is 15.7 Å². The molecule has 2 N–H and O–H groups in total. The van der Waals surface area contributed by atoms with Crippen LogP contribution in [0.4, 0.5) is 5.69 Å². The van der Waals surface area contributed by atoms with E-state index in [1.54, 1.807) is 18.2 Å². The second-order valence-corrected chi connectivity index (χ2v) is 7.36. The molecule has 0 saturated heterocycles. The molecule has 1 aromatic carbocycles. The third-order valence-electron chi connectivity index (χ3n) is 3.78. The largest absolute Gasteiger partial charge is 0.384 e.